The number of hydrogen-bond donors (Lipinski definition) is 0. The lowest BCUT2D eigenvalue weighted by atomic mass is 10.1. The molecule has 0 fully saturated rings. The fraction of sp³-hybridized carbons (Fsp3) is 0.772. The van der Waals surface area contributed by atoms with Gasteiger partial charge in [-0.05, 0) is 109 Å². The standard InChI is InChI=1S/C57H100O6/c1-4-7-10-13-16-19-22-25-28-31-34-37-40-43-46-49-55(58)61-52-54(63-57(60)51-48-45-42-39-36-33-30-27-24-21-18-15-12-9-6-3)53-62-56(59)50-47-44-41-38-35-32-29-26-23-20-17-14-11-8-5-2/h16,19,25-30,34,37,54H,4-15,17-18,20-24,31-33,35-36,38-53H2,1-3H3/b19-16-,28-25-,29-26-,30-27-,37-34-/t54-/m0/s1. The summed E-state index contributed by atoms with van der Waals surface area (Å²) in [6.45, 7) is 6.56. The van der Waals surface area contributed by atoms with Crippen LogP contribution in [0, 0.1) is 0 Å². The third-order valence-electron chi connectivity index (χ3n) is 11.5. The number of carbonyl (C=O) groups is 3. The van der Waals surface area contributed by atoms with E-state index in [1.807, 2.05) is 0 Å². The second-order valence-electron chi connectivity index (χ2n) is 17.8. The molecule has 0 N–H and O–H groups in total. The van der Waals surface area contributed by atoms with Gasteiger partial charge in [-0.15, -0.1) is 0 Å². The van der Waals surface area contributed by atoms with Crippen molar-refractivity contribution in [3.05, 3.63) is 60.8 Å². The van der Waals surface area contributed by atoms with E-state index in [-0.39, 0.29) is 31.1 Å². The molecule has 0 aliphatic rings. The average Bonchev–Trinajstić information content (AvgIpc) is 3.28. The second-order valence-corrected chi connectivity index (χ2v) is 17.8. The second kappa shape index (κ2) is 51.7. The SMILES string of the molecule is CCCCC/C=C\C/C=C\C/C=C\CCCCC(=O)OC[C@@H](COC(=O)CCCCCCC/C=C\CCCCCCCC)OC(=O)CCCCCCC/C=C\CCCCCCCC. The Labute approximate surface area is 390 Å². The minimum Gasteiger partial charge on any atom is -0.462 e. The first kappa shape index (κ1) is 60.1. The van der Waals surface area contributed by atoms with E-state index in [1.165, 1.54) is 135 Å². The third kappa shape index (κ3) is 50.0. The number of rotatable bonds is 48. The van der Waals surface area contributed by atoms with Crippen LogP contribution in [-0.4, -0.2) is 37.2 Å². The van der Waals surface area contributed by atoms with E-state index in [0.717, 1.165) is 89.9 Å². The van der Waals surface area contributed by atoms with Gasteiger partial charge in [0.2, 0.25) is 0 Å². The molecule has 0 rings (SSSR count). The predicted octanol–water partition coefficient (Wildman–Crippen LogP) is 17.6. The molecule has 0 aromatic carbocycles. The van der Waals surface area contributed by atoms with Crippen molar-refractivity contribution in [2.75, 3.05) is 13.2 Å². The van der Waals surface area contributed by atoms with Gasteiger partial charge in [-0.2, -0.15) is 0 Å². The fourth-order valence-electron chi connectivity index (χ4n) is 7.38. The molecule has 0 heterocycles. The Morgan fingerprint density at radius 1 is 0.317 bits per heavy atom. The fourth-order valence-corrected chi connectivity index (χ4v) is 7.38. The summed E-state index contributed by atoms with van der Waals surface area (Å²) in [6.07, 6.45) is 63.4. The van der Waals surface area contributed by atoms with Crippen LogP contribution < -0.4 is 0 Å². The van der Waals surface area contributed by atoms with Crippen LogP contribution in [0.15, 0.2) is 60.8 Å². The number of ether oxygens (including phenoxy) is 3. The van der Waals surface area contributed by atoms with Gasteiger partial charge in [-0.25, -0.2) is 0 Å². The summed E-state index contributed by atoms with van der Waals surface area (Å²) >= 11 is 0. The number of allylic oxidation sites excluding steroid dienone is 10. The molecule has 6 nitrogen and oxygen atoms in total. The average molecular weight is 881 g/mol. The van der Waals surface area contributed by atoms with Crippen LogP contribution in [-0.2, 0) is 28.6 Å². The van der Waals surface area contributed by atoms with Crippen LogP contribution in [0.5, 0.6) is 0 Å². The van der Waals surface area contributed by atoms with Crippen molar-refractivity contribution >= 4 is 17.9 Å². The van der Waals surface area contributed by atoms with Gasteiger partial charge in [0.15, 0.2) is 6.10 Å². The van der Waals surface area contributed by atoms with Gasteiger partial charge in [-0.3, -0.25) is 14.4 Å². The first-order valence-corrected chi connectivity index (χ1v) is 26.8. The molecule has 0 radical (unpaired) electrons. The Kier molecular flexibility index (Phi) is 49.4. The van der Waals surface area contributed by atoms with Gasteiger partial charge in [0, 0.05) is 19.3 Å². The highest BCUT2D eigenvalue weighted by Gasteiger charge is 2.19. The summed E-state index contributed by atoms with van der Waals surface area (Å²) < 4.78 is 16.8. The minimum absolute atomic E-state index is 0.0935. The lowest BCUT2D eigenvalue weighted by Gasteiger charge is -2.18. The maximum atomic E-state index is 12.8. The molecule has 0 aromatic rings. The van der Waals surface area contributed by atoms with Gasteiger partial charge in [0.25, 0.3) is 0 Å². The molecular weight excluding hydrogens is 781 g/mol. The van der Waals surface area contributed by atoms with Gasteiger partial charge in [0.05, 0.1) is 0 Å². The lowest BCUT2D eigenvalue weighted by molar-refractivity contribution is -0.167. The molecule has 0 aliphatic heterocycles. The summed E-state index contributed by atoms with van der Waals surface area (Å²) in [5.41, 5.74) is 0. The highest BCUT2D eigenvalue weighted by atomic mass is 16.6. The Bertz CT molecular complexity index is 1150. The predicted molar refractivity (Wildman–Crippen MR) is 270 cm³/mol. The van der Waals surface area contributed by atoms with Crippen LogP contribution >= 0.6 is 0 Å². The van der Waals surface area contributed by atoms with Crippen molar-refractivity contribution in [2.45, 2.75) is 271 Å². The Balaban J connectivity index is 4.46. The van der Waals surface area contributed by atoms with Gasteiger partial charge in [0.1, 0.15) is 13.2 Å². The summed E-state index contributed by atoms with van der Waals surface area (Å²) in [5, 5.41) is 0. The smallest absolute Gasteiger partial charge is 0.306 e. The summed E-state index contributed by atoms with van der Waals surface area (Å²) in [7, 11) is 0. The van der Waals surface area contributed by atoms with Crippen LogP contribution in [0.4, 0.5) is 0 Å². The van der Waals surface area contributed by atoms with Crippen LogP contribution in [0.25, 0.3) is 0 Å². The number of unbranched alkanes of at least 4 members (excludes halogenated alkanes) is 27. The van der Waals surface area contributed by atoms with E-state index in [4.69, 9.17) is 14.2 Å². The van der Waals surface area contributed by atoms with Crippen LogP contribution in [0.2, 0.25) is 0 Å². The van der Waals surface area contributed by atoms with E-state index >= 15 is 0 Å². The molecular formula is C57H100O6. The van der Waals surface area contributed by atoms with E-state index in [9.17, 15) is 14.4 Å². The summed E-state index contributed by atoms with van der Waals surface area (Å²) in [5.74, 6) is -0.944. The Morgan fingerprint density at radius 3 is 0.968 bits per heavy atom. The van der Waals surface area contributed by atoms with Crippen LogP contribution in [0.3, 0.4) is 0 Å². The molecule has 0 amide bonds. The van der Waals surface area contributed by atoms with Crippen molar-refractivity contribution in [1.82, 2.24) is 0 Å². The van der Waals surface area contributed by atoms with Crippen molar-refractivity contribution in [3.8, 4) is 0 Å². The Hall–Kier alpha value is -2.89. The maximum absolute atomic E-state index is 12.8. The molecule has 0 spiro atoms. The zero-order chi connectivity index (χ0) is 45.8. The van der Waals surface area contributed by atoms with E-state index in [0.29, 0.717) is 19.3 Å². The highest BCUT2D eigenvalue weighted by molar-refractivity contribution is 5.71. The molecule has 0 aliphatic carbocycles. The van der Waals surface area contributed by atoms with Crippen molar-refractivity contribution < 1.29 is 28.6 Å². The monoisotopic (exact) mass is 881 g/mol. The molecule has 0 bridgehead atoms. The first-order valence-electron chi connectivity index (χ1n) is 26.8. The van der Waals surface area contributed by atoms with Gasteiger partial charge >= 0.3 is 17.9 Å². The zero-order valence-corrected chi connectivity index (χ0v) is 41.6. The molecule has 6 heteroatoms. The van der Waals surface area contributed by atoms with Gasteiger partial charge in [-0.1, -0.05) is 197 Å². The molecule has 364 valence electrons. The largest absolute Gasteiger partial charge is 0.462 e. The minimum atomic E-state index is -0.796. The quantitative estimate of drug-likeness (QED) is 0.0262. The molecule has 63 heavy (non-hydrogen) atoms. The van der Waals surface area contributed by atoms with E-state index in [2.05, 4.69) is 81.5 Å². The maximum Gasteiger partial charge on any atom is 0.306 e. The molecule has 0 saturated carbocycles. The molecule has 1 atom stereocenters. The lowest BCUT2D eigenvalue weighted by Crippen LogP contribution is -2.30. The molecule has 0 aromatic heterocycles. The number of carbonyl (C=O) groups excluding carboxylic acids is 3. The third-order valence-corrected chi connectivity index (χ3v) is 11.5. The summed E-state index contributed by atoms with van der Waals surface area (Å²) in [6, 6.07) is 0. The number of hydrogen-bond acceptors (Lipinski definition) is 6. The first-order chi connectivity index (χ1) is 31.0. The van der Waals surface area contributed by atoms with E-state index in [1.54, 1.807) is 0 Å². The van der Waals surface area contributed by atoms with Crippen molar-refractivity contribution in [1.29, 1.82) is 0 Å². The topological polar surface area (TPSA) is 78.9 Å². The normalized spacial score (nSPS) is 12.5. The summed E-state index contributed by atoms with van der Waals surface area (Å²) in [4.78, 5) is 38.0. The van der Waals surface area contributed by atoms with Crippen molar-refractivity contribution in [2.24, 2.45) is 0 Å². The van der Waals surface area contributed by atoms with Gasteiger partial charge < -0.3 is 14.2 Å². The molecule has 0 unspecified atom stereocenters. The van der Waals surface area contributed by atoms with Crippen molar-refractivity contribution in [3.63, 3.8) is 0 Å². The van der Waals surface area contributed by atoms with Crippen LogP contribution in [0.1, 0.15) is 265 Å². The van der Waals surface area contributed by atoms with E-state index < -0.39 is 6.10 Å². The highest BCUT2D eigenvalue weighted by Crippen LogP contribution is 2.14. The number of esters is 3. The zero-order valence-electron chi connectivity index (χ0n) is 41.6. The molecule has 0 saturated heterocycles. The Morgan fingerprint density at radius 2 is 0.571 bits per heavy atom.